The standard InChI is InChI=1S/C22H33N3O3/c1-4-18(2)21(22(27)28-3)23-20(26)17-25-15-13-24(14-16-25)12-8-11-19-9-6-5-7-10-19/h5-11,18,21H,4,12-17H2,1-3H3,(H,23,26)/b11-8+/t18-,21-/m0/s1. The van der Waals surface area contributed by atoms with Gasteiger partial charge in [-0.15, -0.1) is 0 Å². The molecule has 2 atom stereocenters. The number of rotatable bonds is 9. The van der Waals surface area contributed by atoms with Crippen LogP contribution in [0.4, 0.5) is 0 Å². The molecule has 0 aromatic heterocycles. The Bertz CT molecular complexity index is 640. The quantitative estimate of drug-likeness (QED) is 0.657. The summed E-state index contributed by atoms with van der Waals surface area (Å²) in [5.74, 6) is -0.449. The number of hydrogen-bond acceptors (Lipinski definition) is 5. The van der Waals surface area contributed by atoms with Gasteiger partial charge >= 0.3 is 5.97 Å². The minimum atomic E-state index is -0.577. The molecule has 0 aliphatic carbocycles. The maximum Gasteiger partial charge on any atom is 0.328 e. The van der Waals surface area contributed by atoms with Gasteiger partial charge in [-0.25, -0.2) is 4.79 Å². The van der Waals surface area contributed by atoms with Crippen molar-refractivity contribution < 1.29 is 14.3 Å². The van der Waals surface area contributed by atoms with Crippen LogP contribution in [0.3, 0.4) is 0 Å². The number of piperazine rings is 1. The van der Waals surface area contributed by atoms with E-state index in [1.165, 1.54) is 12.7 Å². The van der Waals surface area contributed by atoms with E-state index in [9.17, 15) is 9.59 Å². The zero-order valence-electron chi connectivity index (χ0n) is 17.3. The molecule has 0 spiro atoms. The third-order valence-corrected chi connectivity index (χ3v) is 5.29. The Morgan fingerprint density at radius 2 is 1.79 bits per heavy atom. The maximum absolute atomic E-state index is 12.4. The first-order valence-corrected chi connectivity index (χ1v) is 10.1. The van der Waals surface area contributed by atoms with E-state index in [1.54, 1.807) is 0 Å². The number of carbonyl (C=O) groups is 2. The van der Waals surface area contributed by atoms with Crippen LogP contribution in [0, 0.1) is 5.92 Å². The van der Waals surface area contributed by atoms with Crippen molar-refractivity contribution in [1.82, 2.24) is 15.1 Å². The monoisotopic (exact) mass is 387 g/mol. The van der Waals surface area contributed by atoms with Crippen LogP contribution in [-0.4, -0.2) is 74.1 Å². The number of carbonyl (C=O) groups excluding carboxylic acids is 2. The lowest BCUT2D eigenvalue weighted by Crippen LogP contribution is -2.52. The van der Waals surface area contributed by atoms with Crippen molar-refractivity contribution in [2.45, 2.75) is 26.3 Å². The second-order valence-corrected chi connectivity index (χ2v) is 7.34. The third kappa shape index (κ3) is 7.09. The van der Waals surface area contributed by atoms with Crippen molar-refractivity contribution >= 4 is 18.0 Å². The molecule has 154 valence electrons. The van der Waals surface area contributed by atoms with E-state index < -0.39 is 6.04 Å². The van der Waals surface area contributed by atoms with Gasteiger partial charge in [0.1, 0.15) is 6.04 Å². The largest absolute Gasteiger partial charge is 0.467 e. The predicted molar refractivity (Wildman–Crippen MR) is 112 cm³/mol. The van der Waals surface area contributed by atoms with E-state index >= 15 is 0 Å². The molecular weight excluding hydrogens is 354 g/mol. The molecule has 28 heavy (non-hydrogen) atoms. The molecule has 1 amide bonds. The summed E-state index contributed by atoms with van der Waals surface area (Å²) in [5, 5.41) is 2.85. The molecule has 1 aromatic carbocycles. The van der Waals surface area contributed by atoms with Gasteiger partial charge < -0.3 is 10.1 Å². The highest BCUT2D eigenvalue weighted by molar-refractivity contribution is 5.85. The molecular formula is C22H33N3O3. The van der Waals surface area contributed by atoms with Crippen molar-refractivity contribution in [2.75, 3.05) is 46.4 Å². The summed E-state index contributed by atoms with van der Waals surface area (Å²) >= 11 is 0. The lowest BCUT2D eigenvalue weighted by Gasteiger charge is -2.34. The van der Waals surface area contributed by atoms with Gasteiger partial charge in [0, 0.05) is 32.7 Å². The minimum absolute atomic E-state index is 0.0460. The number of esters is 1. The van der Waals surface area contributed by atoms with E-state index in [1.807, 2.05) is 32.0 Å². The summed E-state index contributed by atoms with van der Waals surface area (Å²) in [6, 6.07) is 9.70. The maximum atomic E-state index is 12.4. The van der Waals surface area contributed by atoms with Gasteiger partial charge in [-0.05, 0) is 11.5 Å². The van der Waals surface area contributed by atoms with Crippen LogP contribution in [0.5, 0.6) is 0 Å². The van der Waals surface area contributed by atoms with Crippen LogP contribution >= 0.6 is 0 Å². The highest BCUT2D eigenvalue weighted by Gasteiger charge is 2.27. The second-order valence-electron chi connectivity index (χ2n) is 7.34. The number of nitrogens with one attached hydrogen (secondary N) is 1. The second kappa shape index (κ2) is 11.6. The lowest BCUT2D eigenvalue weighted by atomic mass is 9.99. The SMILES string of the molecule is CC[C@H](C)[C@H](NC(=O)CN1CCN(C/C=C/c2ccccc2)CC1)C(=O)OC. The van der Waals surface area contributed by atoms with Crippen molar-refractivity contribution in [3.8, 4) is 0 Å². The van der Waals surface area contributed by atoms with Gasteiger partial charge in [0.2, 0.25) is 5.91 Å². The highest BCUT2D eigenvalue weighted by atomic mass is 16.5. The number of hydrogen-bond donors (Lipinski definition) is 1. The summed E-state index contributed by atoms with van der Waals surface area (Å²) in [6.45, 7) is 8.72. The fraction of sp³-hybridized carbons (Fsp3) is 0.545. The molecule has 1 N–H and O–H groups in total. The van der Waals surface area contributed by atoms with Gasteiger partial charge in [0.05, 0.1) is 13.7 Å². The zero-order valence-corrected chi connectivity index (χ0v) is 17.3. The number of amides is 1. The molecule has 0 bridgehead atoms. The Morgan fingerprint density at radius 3 is 2.39 bits per heavy atom. The van der Waals surface area contributed by atoms with E-state index in [0.717, 1.165) is 39.1 Å². The highest BCUT2D eigenvalue weighted by Crippen LogP contribution is 2.10. The fourth-order valence-electron chi connectivity index (χ4n) is 3.25. The Kier molecular flexibility index (Phi) is 9.17. The van der Waals surface area contributed by atoms with Crippen molar-refractivity contribution in [2.24, 2.45) is 5.92 Å². The Balaban J connectivity index is 1.73. The van der Waals surface area contributed by atoms with Gasteiger partial charge in [0.15, 0.2) is 0 Å². The fourth-order valence-corrected chi connectivity index (χ4v) is 3.25. The topological polar surface area (TPSA) is 61.9 Å². The average molecular weight is 388 g/mol. The first-order valence-electron chi connectivity index (χ1n) is 10.1. The van der Waals surface area contributed by atoms with Crippen molar-refractivity contribution in [3.05, 3.63) is 42.0 Å². The van der Waals surface area contributed by atoms with E-state index in [2.05, 4.69) is 39.4 Å². The van der Waals surface area contributed by atoms with Crippen LogP contribution in [0.15, 0.2) is 36.4 Å². The van der Waals surface area contributed by atoms with Gasteiger partial charge in [-0.2, -0.15) is 0 Å². The molecule has 1 aliphatic rings. The van der Waals surface area contributed by atoms with Gasteiger partial charge in [-0.3, -0.25) is 14.6 Å². The third-order valence-electron chi connectivity index (χ3n) is 5.29. The zero-order chi connectivity index (χ0) is 20.4. The normalized spacial score (nSPS) is 18.0. The Hall–Kier alpha value is -2.18. The molecule has 6 nitrogen and oxygen atoms in total. The summed E-state index contributed by atoms with van der Waals surface area (Å²) in [6.07, 6.45) is 5.13. The van der Waals surface area contributed by atoms with Crippen LogP contribution in [0.25, 0.3) is 6.08 Å². The minimum Gasteiger partial charge on any atom is -0.467 e. The van der Waals surface area contributed by atoms with Crippen LogP contribution in [0.2, 0.25) is 0 Å². The molecule has 0 saturated carbocycles. The molecule has 1 heterocycles. The number of methoxy groups -OCH3 is 1. The van der Waals surface area contributed by atoms with E-state index in [-0.39, 0.29) is 17.8 Å². The predicted octanol–water partition coefficient (Wildman–Crippen LogP) is 2.02. The van der Waals surface area contributed by atoms with Crippen LogP contribution in [-0.2, 0) is 14.3 Å². The number of nitrogens with zero attached hydrogens (tertiary/aromatic N) is 2. The lowest BCUT2D eigenvalue weighted by molar-refractivity contribution is -0.146. The molecule has 6 heteroatoms. The molecule has 2 rings (SSSR count). The summed E-state index contributed by atoms with van der Waals surface area (Å²) in [5.41, 5.74) is 1.21. The smallest absolute Gasteiger partial charge is 0.328 e. The van der Waals surface area contributed by atoms with Crippen molar-refractivity contribution in [3.63, 3.8) is 0 Å². The Morgan fingerprint density at radius 1 is 1.14 bits per heavy atom. The first-order chi connectivity index (χ1) is 13.5. The number of benzene rings is 1. The van der Waals surface area contributed by atoms with Gasteiger partial charge in [0.25, 0.3) is 0 Å². The summed E-state index contributed by atoms with van der Waals surface area (Å²) < 4.78 is 4.83. The van der Waals surface area contributed by atoms with Gasteiger partial charge in [-0.1, -0.05) is 62.8 Å². The number of ether oxygens (including phenoxy) is 1. The van der Waals surface area contributed by atoms with Crippen molar-refractivity contribution in [1.29, 1.82) is 0 Å². The summed E-state index contributed by atoms with van der Waals surface area (Å²) in [4.78, 5) is 28.8. The molecule has 1 aromatic rings. The van der Waals surface area contributed by atoms with E-state index in [4.69, 9.17) is 4.74 Å². The summed E-state index contributed by atoms with van der Waals surface area (Å²) in [7, 11) is 1.36. The molecule has 1 fully saturated rings. The molecule has 0 radical (unpaired) electrons. The first kappa shape index (κ1) is 22.1. The van der Waals surface area contributed by atoms with Crippen LogP contribution < -0.4 is 5.32 Å². The average Bonchev–Trinajstić information content (AvgIpc) is 2.73. The molecule has 1 aliphatic heterocycles. The molecule has 0 unspecified atom stereocenters. The Labute approximate surface area is 168 Å². The van der Waals surface area contributed by atoms with E-state index in [0.29, 0.717) is 6.54 Å². The van der Waals surface area contributed by atoms with Crippen LogP contribution in [0.1, 0.15) is 25.8 Å². The molecule has 1 saturated heterocycles.